The zero-order valence-electron chi connectivity index (χ0n) is 16.0. The van der Waals surface area contributed by atoms with Gasteiger partial charge in [-0.05, 0) is 58.3 Å². The molecule has 0 aliphatic carbocycles. The Labute approximate surface area is 169 Å². The zero-order chi connectivity index (χ0) is 17.4. The first-order chi connectivity index (χ1) is 11.6. The van der Waals surface area contributed by atoms with E-state index < -0.39 is 0 Å². The van der Waals surface area contributed by atoms with Crippen molar-refractivity contribution in [1.29, 1.82) is 0 Å². The van der Waals surface area contributed by atoms with Crippen LogP contribution in [0.5, 0.6) is 5.75 Å². The number of hydrogen-bond acceptors (Lipinski definition) is 3. The smallest absolute Gasteiger partial charge is 0.191 e. The summed E-state index contributed by atoms with van der Waals surface area (Å²) < 4.78 is 5.75. The minimum Gasteiger partial charge on any atom is -0.494 e. The van der Waals surface area contributed by atoms with Crippen LogP contribution in [0.3, 0.4) is 0 Å². The summed E-state index contributed by atoms with van der Waals surface area (Å²) in [6.45, 7) is 11.7. The van der Waals surface area contributed by atoms with E-state index in [9.17, 15) is 0 Å². The molecule has 1 aliphatic rings. The van der Waals surface area contributed by atoms with Crippen molar-refractivity contribution in [3.05, 3.63) is 29.3 Å². The molecular weight excluding hydrogens is 427 g/mol. The Balaban J connectivity index is 0.00000312. The van der Waals surface area contributed by atoms with Gasteiger partial charge in [-0.1, -0.05) is 12.1 Å². The van der Waals surface area contributed by atoms with Crippen molar-refractivity contribution in [2.75, 3.05) is 39.8 Å². The summed E-state index contributed by atoms with van der Waals surface area (Å²) in [5, 5.41) is 6.82. The molecule has 0 spiro atoms. The van der Waals surface area contributed by atoms with Crippen molar-refractivity contribution in [3.8, 4) is 5.75 Å². The summed E-state index contributed by atoms with van der Waals surface area (Å²) in [6, 6.07) is 6.31. The third-order valence-corrected chi connectivity index (χ3v) is 4.32. The van der Waals surface area contributed by atoms with Crippen molar-refractivity contribution in [2.45, 2.75) is 33.7 Å². The molecule has 0 aromatic heterocycles. The molecule has 1 aromatic rings. The van der Waals surface area contributed by atoms with Crippen molar-refractivity contribution in [2.24, 2.45) is 10.9 Å². The average Bonchev–Trinajstić information content (AvgIpc) is 2.97. The first-order valence-electron chi connectivity index (χ1n) is 9.05. The van der Waals surface area contributed by atoms with Crippen LogP contribution in [0, 0.1) is 12.8 Å². The number of aryl methyl sites for hydroxylation is 1. The summed E-state index contributed by atoms with van der Waals surface area (Å²) in [5.74, 6) is 2.53. The molecule has 1 aromatic carbocycles. The molecule has 6 heteroatoms. The summed E-state index contributed by atoms with van der Waals surface area (Å²) in [5.41, 5.74) is 2.34. The van der Waals surface area contributed by atoms with Crippen LogP contribution in [-0.2, 0) is 6.54 Å². The minimum atomic E-state index is 0. The van der Waals surface area contributed by atoms with E-state index in [2.05, 4.69) is 54.6 Å². The molecule has 0 amide bonds. The Morgan fingerprint density at radius 2 is 2.12 bits per heavy atom. The van der Waals surface area contributed by atoms with Crippen LogP contribution in [-0.4, -0.2) is 50.7 Å². The van der Waals surface area contributed by atoms with Gasteiger partial charge in [0.2, 0.25) is 0 Å². The maximum absolute atomic E-state index is 5.75. The quantitative estimate of drug-likeness (QED) is 0.373. The van der Waals surface area contributed by atoms with E-state index in [-0.39, 0.29) is 24.0 Å². The minimum absolute atomic E-state index is 0. The van der Waals surface area contributed by atoms with Gasteiger partial charge >= 0.3 is 0 Å². The highest BCUT2D eigenvalue weighted by atomic mass is 127. The Hall–Kier alpha value is -1.02. The fraction of sp³-hybridized carbons (Fsp3) is 0.632. The zero-order valence-corrected chi connectivity index (χ0v) is 18.3. The van der Waals surface area contributed by atoms with E-state index >= 15 is 0 Å². The SMILES string of the molecule is CCNC(=NCc1ccc(C)cc1OCC)NCC1CCN(C)C1.I. The second kappa shape index (κ2) is 11.6. The third-order valence-electron chi connectivity index (χ3n) is 4.32. The predicted molar refractivity (Wildman–Crippen MR) is 116 cm³/mol. The number of benzene rings is 1. The number of halogens is 1. The predicted octanol–water partition coefficient (Wildman–Crippen LogP) is 3.02. The van der Waals surface area contributed by atoms with Crippen molar-refractivity contribution in [3.63, 3.8) is 0 Å². The monoisotopic (exact) mass is 460 g/mol. The molecule has 142 valence electrons. The lowest BCUT2D eigenvalue weighted by Gasteiger charge is -2.16. The molecule has 1 unspecified atom stereocenters. The van der Waals surface area contributed by atoms with Crippen LogP contribution in [0.15, 0.2) is 23.2 Å². The van der Waals surface area contributed by atoms with E-state index in [4.69, 9.17) is 9.73 Å². The van der Waals surface area contributed by atoms with Gasteiger partial charge in [-0.25, -0.2) is 4.99 Å². The number of likely N-dealkylation sites (tertiary alicyclic amines) is 1. The van der Waals surface area contributed by atoms with Crippen LogP contribution >= 0.6 is 24.0 Å². The fourth-order valence-corrected chi connectivity index (χ4v) is 3.02. The number of hydrogen-bond donors (Lipinski definition) is 2. The maximum atomic E-state index is 5.75. The third kappa shape index (κ3) is 7.40. The molecule has 5 nitrogen and oxygen atoms in total. The van der Waals surface area contributed by atoms with Gasteiger partial charge in [0.25, 0.3) is 0 Å². The first kappa shape index (κ1) is 22.0. The Bertz CT molecular complexity index is 550. The van der Waals surface area contributed by atoms with Gasteiger partial charge < -0.3 is 20.3 Å². The lowest BCUT2D eigenvalue weighted by molar-refractivity contribution is 0.336. The van der Waals surface area contributed by atoms with E-state index in [0.29, 0.717) is 19.1 Å². The maximum Gasteiger partial charge on any atom is 0.191 e. The number of nitrogens with zero attached hydrogens (tertiary/aromatic N) is 2. The topological polar surface area (TPSA) is 48.9 Å². The van der Waals surface area contributed by atoms with Gasteiger partial charge in [0.05, 0.1) is 13.2 Å². The van der Waals surface area contributed by atoms with E-state index in [1.807, 2.05) is 6.92 Å². The highest BCUT2D eigenvalue weighted by molar-refractivity contribution is 14.0. The Morgan fingerprint density at radius 3 is 2.76 bits per heavy atom. The fourth-order valence-electron chi connectivity index (χ4n) is 3.02. The molecule has 0 saturated carbocycles. The summed E-state index contributed by atoms with van der Waals surface area (Å²) >= 11 is 0. The van der Waals surface area contributed by atoms with Crippen LogP contribution in [0.1, 0.15) is 31.4 Å². The highest BCUT2D eigenvalue weighted by Crippen LogP contribution is 2.21. The second-order valence-electron chi connectivity index (χ2n) is 6.54. The molecule has 1 atom stereocenters. The number of rotatable bonds is 7. The van der Waals surface area contributed by atoms with Gasteiger partial charge in [0, 0.05) is 25.2 Å². The van der Waals surface area contributed by atoms with Crippen LogP contribution < -0.4 is 15.4 Å². The highest BCUT2D eigenvalue weighted by Gasteiger charge is 2.19. The molecule has 1 fully saturated rings. The molecule has 2 rings (SSSR count). The Morgan fingerprint density at radius 1 is 1.32 bits per heavy atom. The van der Waals surface area contributed by atoms with Crippen LogP contribution in [0.25, 0.3) is 0 Å². The second-order valence-corrected chi connectivity index (χ2v) is 6.54. The van der Waals surface area contributed by atoms with E-state index in [1.165, 1.54) is 25.1 Å². The summed E-state index contributed by atoms with van der Waals surface area (Å²) in [4.78, 5) is 7.12. The molecule has 2 N–H and O–H groups in total. The lowest BCUT2D eigenvalue weighted by atomic mass is 10.1. The standard InChI is InChI=1S/C19H32N4O.HI/c1-5-20-19(21-12-16-9-10-23(4)14-16)22-13-17-8-7-15(3)11-18(17)24-6-2;/h7-8,11,16H,5-6,9-10,12-14H2,1-4H3,(H2,20,21,22);1H. The molecule has 0 radical (unpaired) electrons. The number of ether oxygens (including phenoxy) is 1. The Kier molecular flexibility index (Phi) is 10.2. The first-order valence-corrected chi connectivity index (χ1v) is 9.05. The molecule has 1 aliphatic heterocycles. The number of guanidine groups is 1. The number of nitrogens with one attached hydrogen (secondary N) is 2. The lowest BCUT2D eigenvalue weighted by Crippen LogP contribution is -2.40. The molecule has 1 saturated heterocycles. The largest absolute Gasteiger partial charge is 0.494 e. The molecule has 0 bridgehead atoms. The van der Waals surface area contributed by atoms with E-state index in [0.717, 1.165) is 30.4 Å². The average molecular weight is 460 g/mol. The van der Waals surface area contributed by atoms with Gasteiger partial charge in [0.1, 0.15) is 5.75 Å². The molecule has 1 heterocycles. The van der Waals surface area contributed by atoms with Crippen molar-refractivity contribution < 1.29 is 4.74 Å². The van der Waals surface area contributed by atoms with Gasteiger partial charge in [-0.2, -0.15) is 0 Å². The van der Waals surface area contributed by atoms with Crippen molar-refractivity contribution in [1.82, 2.24) is 15.5 Å². The molecular formula is C19H33IN4O. The summed E-state index contributed by atoms with van der Waals surface area (Å²) in [6.07, 6.45) is 1.26. The van der Waals surface area contributed by atoms with E-state index in [1.54, 1.807) is 0 Å². The van der Waals surface area contributed by atoms with Crippen LogP contribution in [0.2, 0.25) is 0 Å². The van der Waals surface area contributed by atoms with Gasteiger partial charge in [-0.15, -0.1) is 24.0 Å². The van der Waals surface area contributed by atoms with Gasteiger partial charge in [0.15, 0.2) is 5.96 Å². The van der Waals surface area contributed by atoms with Gasteiger partial charge in [-0.3, -0.25) is 0 Å². The molecule has 25 heavy (non-hydrogen) atoms. The normalized spacial score (nSPS) is 17.9. The summed E-state index contributed by atoms with van der Waals surface area (Å²) in [7, 11) is 2.19. The number of aliphatic imine (C=N–C) groups is 1. The van der Waals surface area contributed by atoms with Crippen LogP contribution in [0.4, 0.5) is 0 Å². The van der Waals surface area contributed by atoms with Crippen molar-refractivity contribution >= 4 is 29.9 Å².